The third-order valence-corrected chi connectivity index (χ3v) is 5.49. The molecule has 1 atom stereocenters. The average Bonchev–Trinajstić information content (AvgIpc) is 3.30. The normalized spacial score (nSPS) is 11.5. The second-order valence-corrected chi connectivity index (χ2v) is 7.98. The number of aromatic amines is 1. The van der Waals surface area contributed by atoms with Gasteiger partial charge in [0.1, 0.15) is 17.6 Å². The number of halogens is 1. The van der Waals surface area contributed by atoms with Crippen molar-refractivity contribution in [1.29, 1.82) is 0 Å². The Morgan fingerprint density at radius 3 is 2.56 bits per heavy atom. The van der Waals surface area contributed by atoms with Gasteiger partial charge in [0.2, 0.25) is 0 Å². The first-order valence-corrected chi connectivity index (χ1v) is 11.1. The van der Waals surface area contributed by atoms with Gasteiger partial charge in [0.05, 0.1) is 7.11 Å². The van der Waals surface area contributed by atoms with Crippen LogP contribution < -0.4 is 15.4 Å². The summed E-state index contributed by atoms with van der Waals surface area (Å²) in [6, 6.07) is 18.1. The number of carbonyl (C=O) groups excluding carboxylic acids is 3. The molecule has 3 aromatic carbocycles. The van der Waals surface area contributed by atoms with Gasteiger partial charge in [-0.1, -0.05) is 24.3 Å². The van der Waals surface area contributed by atoms with Crippen molar-refractivity contribution in [3.8, 4) is 5.75 Å². The van der Waals surface area contributed by atoms with E-state index in [0.29, 0.717) is 11.4 Å². The second kappa shape index (κ2) is 11.2. The monoisotopic (exact) mass is 489 g/mol. The fourth-order valence-electron chi connectivity index (χ4n) is 3.69. The number of rotatable bonds is 9. The van der Waals surface area contributed by atoms with Gasteiger partial charge in [-0.2, -0.15) is 0 Å². The van der Waals surface area contributed by atoms with E-state index in [0.717, 1.165) is 28.6 Å². The number of hydrogen-bond donors (Lipinski definition) is 3. The van der Waals surface area contributed by atoms with Gasteiger partial charge < -0.3 is 25.1 Å². The SMILES string of the molecule is COc1cccc(NC(=O)COC(=O)[C@@H](Cc2c[nH]c3ccccc23)NC(=O)c2ccc(F)cc2)c1. The third kappa shape index (κ3) is 6.06. The van der Waals surface area contributed by atoms with Gasteiger partial charge in [-0.05, 0) is 48.0 Å². The van der Waals surface area contributed by atoms with Crippen LogP contribution in [0.25, 0.3) is 10.9 Å². The van der Waals surface area contributed by atoms with E-state index in [9.17, 15) is 18.8 Å². The van der Waals surface area contributed by atoms with Gasteiger partial charge in [0, 0.05) is 40.8 Å². The standard InChI is InChI=1S/C27H24FN3O5/c1-35-21-6-4-5-20(14-21)30-25(32)16-36-27(34)24(31-26(33)17-9-11-19(28)12-10-17)13-18-15-29-23-8-3-2-7-22(18)23/h2-12,14-15,24,29H,13,16H2,1H3,(H,30,32)(H,31,33)/t24-/m1/s1. The van der Waals surface area contributed by atoms with Crippen LogP contribution in [0.5, 0.6) is 5.75 Å². The second-order valence-electron chi connectivity index (χ2n) is 7.98. The number of para-hydroxylation sites is 1. The van der Waals surface area contributed by atoms with Gasteiger partial charge >= 0.3 is 5.97 Å². The number of amides is 2. The Balaban J connectivity index is 1.46. The van der Waals surface area contributed by atoms with Gasteiger partial charge in [-0.15, -0.1) is 0 Å². The molecule has 1 heterocycles. The fourth-order valence-corrected chi connectivity index (χ4v) is 3.69. The van der Waals surface area contributed by atoms with Gasteiger partial charge in [0.25, 0.3) is 11.8 Å². The number of methoxy groups -OCH3 is 1. The third-order valence-electron chi connectivity index (χ3n) is 5.49. The lowest BCUT2D eigenvalue weighted by Crippen LogP contribution is -2.44. The first-order valence-electron chi connectivity index (χ1n) is 11.1. The summed E-state index contributed by atoms with van der Waals surface area (Å²) in [5.41, 5.74) is 2.33. The molecule has 0 aliphatic rings. The van der Waals surface area contributed by atoms with Crippen LogP contribution >= 0.6 is 0 Å². The van der Waals surface area contributed by atoms with Crippen LogP contribution in [-0.2, 0) is 20.7 Å². The predicted molar refractivity (Wildman–Crippen MR) is 132 cm³/mol. The summed E-state index contributed by atoms with van der Waals surface area (Å²) in [5.74, 6) is -1.82. The van der Waals surface area contributed by atoms with E-state index in [1.54, 1.807) is 30.5 Å². The van der Waals surface area contributed by atoms with Crippen molar-refractivity contribution >= 4 is 34.4 Å². The van der Waals surface area contributed by atoms with Crippen molar-refractivity contribution in [3.63, 3.8) is 0 Å². The van der Waals surface area contributed by atoms with Crippen LogP contribution in [0.2, 0.25) is 0 Å². The molecule has 4 rings (SSSR count). The summed E-state index contributed by atoms with van der Waals surface area (Å²) in [6.07, 6.45) is 1.87. The molecule has 184 valence electrons. The number of carbonyl (C=O) groups is 3. The Hall–Kier alpha value is -4.66. The van der Waals surface area contributed by atoms with Crippen molar-refractivity contribution in [1.82, 2.24) is 10.3 Å². The zero-order valence-corrected chi connectivity index (χ0v) is 19.4. The average molecular weight is 490 g/mol. The number of fused-ring (bicyclic) bond motifs is 1. The van der Waals surface area contributed by atoms with Gasteiger partial charge in [0.15, 0.2) is 6.61 Å². The van der Waals surface area contributed by atoms with Crippen molar-refractivity contribution in [2.45, 2.75) is 12.5 Å². The van der Waals surface area contributed by atoms with E-state index in [1.807, 2.05) is 24.3 Å². The highest BCUT2D eigenvalue weighted by Crippen LogP contribution is 2.20. The molecule has 1 aromatic heterocycles. The zero-order chi connectivity index (χ0) is 25.5. The Labute approximate surface area is 206 Å². The lowest BCUT2D eigenvalue weighted by molar-refractivity contribution is -0.149. The smallest absolute Gasteiger partial charge is 0.329 e. The first-order chi connectivity index (χ1) is 17.4. The van der Waals surface area contributed by atoms with E-state index in [1.165, 1.54) is 19.2 Å². The minimum atomic E-state index is -1.09. The number of esters is 1. The summed E-state index contributed by atoms with van der Waals surface area (Å²) in [7, 11) is 1.51. The molecule has 0 spiro atoms. The van der Waals surface area contributed by atoms with Gasteiger partial charge in [-0.3, -0.25) is 9.59 Å². The molecule has 2 amide bonds. The highest BCUT2D eigenvalue weighted by molar-refractivity contribution is 5.98. The highest BCUT2D eigenvalue weighted by atomic mass is 19.1. The maximum Gasteiger partial charge on any atom is 0.329 e. The van der Waals surface area contributed by atoms with Gasteiger partial charge in [-0.25, -0.2) is 9.18 Å². The van der Waals surface area contributed by atoms with Crippen LogP contribution in [0.1, 0.15) is 15.9 Å². The summed E-state index contributed by atoms with van der Waals surface area (Å²) in [4.78, 5) is 41.2. The maximum atomic E-state index is 13.3. The van der Waals surface area contributed by atoms with Crippen molar-refractivity contribution in [2.24, 2.45) is 0 Å². The van der Waals surface area contributed by atoms with Crippen LogP contribution in [0.4, 0.5) is 10.1 Å². The number of benzene rings is 3. The molecule has 0 radical (unpaired) electrons. The number of ether oxygens (including phenoxy) is 2. The Bertz CT molecular complexity index is 1380. The van der Waals surface area contributed by atoms with Crippen LogP contribution in [-0.4, -0.2) is 42.5 Å². The lowest BCUT2D eigenvalue weighted by atomic mass is 10.0. The summed E-state index contributed by atoms with van der Waals surface area (Å²) < 4.78 is 23.6. The molecular formula is C27H24FN3O5. The van der Waals surface area contributed by atoms with E-state index in [2.05, 4.69) is 15.6 Å². The largest absolute Gasteiger partial charge is 0.497 e. The quantitative estimate of drug-likeness (QED) is 0.310. The molecule has 8 nitrogen and oxygen atoms in total. The molecular weight excluding hydrogens is 465 g/mol. The molecule has 0 fully saturated rings. The Kier molecular flexibility index (Phi) is 7.60. The number of nitrogens with one attached hydrogen (secondary N) is 3. The van der Waals surface area contributed by atoms with Crippen LogP contribution in [0.15, 0.2) is 79.0 Å². The molecule has 0 bridgehead atoms. The predicted octanol–water partition coefficient (Wildman–Crippen LogP) is 3.84. The number of anilines is 1. The summed E-state index contributed by atoms with van der Waals surface area (Å²) >= 11 is 0. The molecule has 36 heavy (non-hydrogen) atoms. The molecule has 9 heteroatoms. The van der Waals surface area contributed by atoms with E-state index >= 15 is 0 Å². The Morgan fingerprint density at radius 2 is 1.78 bits per heavy atom. The number of hydrogen-bond acceptors (Lipinski definition) is 5. The summed E-state index contributed by atoms with van der Waals surface area (Å²) in [6.45, 7) is -0.549. The molecule has 0 aliphatic carbocycles. The van der Waals surface area contributed by atoms with E-state index in [4.69, 9.17) is 9.47 Å². The van der Waals surface area contributed by atoms with E-state index in [-0.39, 0.29) is 12.0 Å². The Morgan fingerprint density at radius 1 is 1.00 bits per heavy atom. The van der Waals surface area contributed by atoms with Crippen molar-refractivity contribution < 1.29 is 28.2 Å². The molecule has 0 saturated carbocycles. The molecule has 4 aromatic rings. The topological polar surface area (TPSA) is 110 Å². The number of aromatic nitrogens is 1. The highest BCUT2D eigenvalue weighted by Gasteiger charge is 2.25. The van der Waals surface area contributed by atoms with Crippen molar-refractivity contribution in [3.05, 3.63) is 95.9 Å². The van der Waals surface area contributed by atoms with Crippen molar-refractivity contribution in [2.75, 3.05) is 19.0 Å². The summed E-state index contributed by atoms with van der Waals surface area (Å²) in [5, 5.41) is 6.17. The molecule has 0 aliphatic heterocycles. The van der Waals surface area contributed by atoms with Crippen LogP contribution in [0.3, 0.4) is 0 Å². The zero-order valence-electron chi connectivity index (χ0n) is 19.4. The first kappa shape index (κ1) is 24.5. The number of H-pyrrole nitrogens is 1. The maximum absolute atomic E-state index is 13.3. The minimum Gasteiger partial charge on any atom is -0.497 e. The van der Waals surface area contributed by atoms with E-state index < -0.39 is 36.2 Å². The fraction of sp³-hybridized carbons (Fsp3) is 0.148. The molecule has 3 N–H and O–H groups in total. The lowest BCUT2D eigenvalue weighted by Gasteiger charge is -2.18. The molecule has 0 saturated heterocycles. The molecule has 0 unspecified atom stereocenters. The van der Waals surface area contributed by atoms with Crippen LogP contribution in [0, 0.1) is 5.82 Å². The minimum absolute atomic E-state index is 0.118.